The third-order valence-corrected chi connectivity index (χ3v) is 9.50. The first kappa shape index (κ1) is 33.5. The zero-order chi connectivity index (χ0) is 31.9. The number of nitrogens with zero attached hydrogens (tertiary/aromatic N) is 1. The fourth-order valence-electron chi connectivity index (χ4n) is 7.37. The van der Waals surface area contributed by atoms with Crippen molar-refractivity contribution in [1.29, 1.82) is 0 Å². The maximum atomic E-state index is 14.5. The molecule has 2 fully saturated rings. The number of benzene rings is 1. The van der Waals surface area contributed by atoms with E-state index in [0.717, 1.165) is 62.7 Å². The molecule has 1 aliphatic carbocycles. The van der Waals surface area contributed by atoms with Gasteiger partial charge in [-0.15, -0.1) is 0 Å². The topological polar surface area (TPSA) is 148 Å². The number of hydrogen-bond donors (Lipinski definition) is 3. The van der Waals surface area contributed by atoms with Crippen LogP contribution in [0.4, 0.5) is 0 Å². The normalized spacial score (nSPS) is 25.7. The fourth-order valence-corrected chi connectivity index (χ4v) is 7.37. The Balaban J connectivity index is 1.66. The number of nitrogens with one attached hydrogen (secondary N) is 2. The van der Waals surface area contributed by atoms with E-state index < -0.39 is 35.7 Å². The van der Waals surface area contributed by atoms with Crippen LogP contribution < -0.4 is 21.1 Å². The SMILES string of the molecule is CCCC(NC(=O)[C@@H]1C[C@@H]2CN1C(=O)C(C1CCCCC1)NC(=O)Cc1cccc(c1)OCCCC(C)(C)C2)C(=O)C(N)=O. The molecule has 0 aromatic heterocycles. The first-order valence-corrected chi connectivity index (χ1v) is 16.4. The van der Waals surface area contributed by atoms with Crippen molar-refractivity contribution >= 4 is 29.4 Å². The minimum Gasteiger partial charge on any atom is -0.494 e. The Morgan fingerprint density at radius 1 is 1.14 bits per heavy atom. The van der Waals surface area contributed by atoms with Crippen molar-refractivity contribution < 1.29 is 28.7 Å². The molecule has 44 heavy (non-hydrogen) atoms. The van der Waals surface area contributed by atoms with Crippen molar-refractivity contribution in [2.45, 2.75) is 116 Å². The molecule has 1 aromatic rings. The van der Waals surface area contributed by atoms with Gasteiger partial charge >= 0.3 is 0 Å². The first-order chi connectivity index (χ1) is 21.0. The molecular formula is C34H50N4O6. The minimum atomic E-state index is -1.09. The fraction of sp³-hybridized carbons (Fsp3) is 0.676. The summed E-state index contributed by atoms with van der Waals surface area (Å²) in [6.07, 6.45) is 8.66. The Labute approximate surface area is 261 Å². The summed E-state index contributed by atoms with van der Waals surface area (Å²) < 4.78 is 6.03. The molecular weight excluding hydrogens is 560 g/mol. The molecule has 4 amide bonds. The lowest BCUT2D eigenvalue weighted by molar-refractivity contribution is -0.144. The number of Topliss-reactive ketones (excluding diaryl/α,β-unsaturated/α-hetero) is 1. The number of fused-ring (bicyclic) bond motifs is 4. The van der Waals surface area contributed by atoms with Crippen LogP contribution in [0.15, 0.2) is 24.3 Å². The molecule has 10 nitrogen and oxygen atoms in total. The van der Waals surface area contributed by atoms with Crippen molar-refractivity contribution in [2.24, 2.45) is 23.0 Å². The van der Waals surface area contributed by atoms with Crippen LogP contribution in [-0.2, 0) is 30.4 Å². The van der Waals surface area contributed by atoms with Crippen LogP contribution in [0.1, 0.15) is 97.0 Å². The summed E-state index contributed by atoms with van der Waals surface area (Å²) in [7, 11) is 0. The quantitative estimate of drug-likeness (QED) is 0.403. The molecule has 242 valence electrons. The number of ether oxygens (including phenoxy) is 1. The lowest BCUT2D eigenvalue weighted by atomic mass is 9.78. The van der Waals surface area contributed by atoms with Crippen molar-refractivity contribution in [2.75, 3.05) is 13.2 Å². The van der Waals surface area contributed by atoms with Crippen LogP contribution in [0.2, 0.25) is 0 Å². The highest BCUT2D eigenvalue weighted by atomic mass is 16.5. The van der Waals surface area contributed by atoms with E-state index in [9.17, 15) is 24.0 Å². The molecule has 1 saturated carbocycles. The molecule has 2 heterocycles. The molecule has 0 spiro atoms. The summed E-state index contributed by atoms with van der Waals surface area (Å²) in [6.45, 7) is 7.20. The van der Waals surface area contributed by atoms with Crippen LogP contribution in [0.3, 0.4) is 0 Å². The predicted molar refractivity (Wildman–Crippen MR) is 166 cm³/mol. The second kappa shape index (κ2) is 15.0. The Kier molecular flexibility index (Phi) is 11.4. The molecule has 3 aliphatic rings. The number of ketones is 1. The van der Waals surface area contributed by atoms with E-state index in [2.05, 4.69) is 24.5 Å². The van der Waals surface area contributed by atoms with Crippen molar-refractivity contribution in [3.05, 3.63) is 29.8 Å². The lowest BCUT2D eigenvalue weighted by Crippen LogP contribution is -2.58. The van der Waals surface area contributed by atoms with Crippen LogP contribution >= 0.6 is 0 Å². The van der Waals surface area contributed by atoms with E-state index in [1.165, 1.54) is 0 Å². The Morgan fingerprint density at radius 3 is 2.59 bits per heavy atom. The van der Waals surface area contributed by atoms with E-state index in [0.29, 0.717) is 26.0 Å². The zero-order valence-electron chi connectivity index (χ0n) is 26.6. The Morgan fingerprint density at radius 2 is 1.89 bits per heavy atom. The standard InChI is InChI=1S/C34H50N4O6/c1-4-10-26(30(40)31(35)41)36-32(42)27-18-23-20-34(2,3)15-9-16-44-25-14-8-11-22(17-25)19-28(39)37-29(33(43)38(27)21-23)24-12-6-5-7-13-24/h8,11,14,17,23-24,26-27,29H,4-7,9-10,12-13,15-16,18-21H2,1-3H3,(H2,35,41)(H,36,42)(H,37,39)/t23-,26?,27-,29?/m0/s1. The smallest absolute Gasteiger partial charge is 0.287 e. The van der Waals surface area contributed by atoms with E-state index >= 15 is 0 Å². The number of hydrogen-bond acceptors (Lipinski definition) is 6. The lowest BCUT2D eigenvalue weighted by Gasteiger charge is -2.35. The van der Waals surface area contributed by atoms with E-state index in [4.69, 9.17) is 10.5 Å². The van der Waals surface area contributed by atoms with Gasteiger partial charge in [0.15, 0.2) is 0 Å². The van der Waals surface area contributed by atoms with Gasteiger partial charge in [0.25, 0.3) is 5.91 Å². The summed E-state index contributed by atoms with van der Waals surface area (Å²) in [5, 5.41) is 5.83. The average molecular weight is 611 g/mol. The highest BCUT2D eigenvalue weighted by Crippen LogP contribution is 2.38. The van der Waals surface area contributed by atoms with Gasteiger partial charge in [0.1, 0.15) is 17.8 Å². The van der Waals surface area contributed by atoms with E-state index in [-0.39, 0.29) is 41.9 Å². The predicted octanol–water partition coefficient (Wildman–Crippen LogP) is 3.44. The number of amides is 4. The third kappa shape index (κ3) is 8.82. The highest BCUT2D eigenvalue weighted by Gasteiger charge is 2.45. The third-order valence-electron chi connectivity index (χ3n) is 9.50. The van der Waals surface area contributed by atoms with Gasteiger partial charge in [-0.25, -0.2) is 0 Å². The maximum absolute atomic E-state index is 14.5. The number of primary amides is 1. The maximum Gasteiger partial charge on any atom is 0.287 e. The number of carbonyl (C=O) groups excluding carboxylic acids is 5. The second-order valence-electron chi connectivity index (χ2n) is 13.8. The second-order valence-corrected chi connectivity index (χ2v) is 13.8. The molecule has 4 N–H and O–H groups in total. The molecule has 2 unspecified atom stereocenters. The van der Waals surface area contributed by atoms with Crippen molar-refractivity contribution in [1.82, 2.24) is 15.5 Å². The van der Waals surface area contributed by atoms with Crippen molar-refractivity contribution in [3.63, 3.8) is 0 Å². The molecule has 4 atom stereocenters. The van der Waals surface area contributed by atoms with Gasteiger partial charge in [0, 0.05) is 6.54 Å². The zero-order valence-corrected chi connectivity index (χ0v) is 26.6. The van der Waals surface area contributed by atoms with Crippen molar-refractivity contribution in [3.8, 4) is 5.75 Å². The highest BCUT2D eigenvalue weighted by molar-refractivity contribution is 6.37. The Hall–Kier alpha value is -3.43. The molecule has 2 aliphatic heterocycles. The molecule has 0 radical (unpaired) electrons. The van der Waals surface area contributed by atoms with Crippen LogP contribution in [-0.4, -0.2) is 65.6 Å². The number of nitrogens with two attached hydrogens (primary N) is 1. The molecule has 1 saturated heterocycles. The average Bonchev–Trinajstić information content (AvgIpc) is 3.40. The number of rotatable bonds is 7. The van der Waals surface area contributed by atoms with E-state index in [1.54, 1.807) is 4.90 Å². The molecule has 4 bridgehead atoms. The summed E-state index contributed by atoms with van der Waals surface area (Å²) in [6, 6.07) is 4.94. The van der Waals surface area contributed by atoms with Gasteiger partial charge in [-0.2, -0.15) is 0 Å². The summed E-state index contributed by atoms with van der Waals surface area (Å²) in [5.41, 5.74) is 6.02. The molecule has 4 rings (SSSR count). The van der Waals surface area contributed by atoms with Gasteiger partial charge in [-0.05, 0) is 79.9 Å². The van der Waals surface area contributed by atoms with Gasteiger partial charge in [0.05, 0.1) is 19.1 Å². The number of carbonyl (C=O) groups is 5. The Bertz CT molecular complexity index is 1210. The van der Waals surface area contributed by atoms with Gasteiger partial charge < -0.3 is 26.0 Å². The first-order valence-electron chi connectivity index (χ1n) is 16.4. The van der Waals surface area contributed by atoms with Crippen LogP contribution in [0.5, 0.6) is 5.75 Å². The van der Waals surface area contributed by atoms with Gasteiger partial charge in [-0.1, -0.05) is 58.6 Å². The molecule has 1 aromatic carbocycles. The molecule has 10 heteroatoms. The van der Waals surface area contributed by atoms with E-state index in [1.807, 2.05) is 31.2 Å². The monoisotopic (exact) mass is 610 g/mol. The largest absolute Gasteiger partial charge is 0.494 e. The summed E-state index contributed by atoms with van der Waals surface area (Å²) in [5.74, 6) is -2.13. The van der Waals surface area contributed by atoms with Crippen LogP contribution in [0.25, 0.3) is 0 Å². The van der Waals surface area contributed by atoms with Crippen LogP contribution in [0, 0.1) is 17.3 Å². The minimum absolute atomic E-state index is 0.0274. The van der Waals surface area contributed by atoms with Gasteiger partial charge in [0.2, 0.25) is 23.5 Å². The summed E-state index contributed by atoms with van der Waals surface area (Å²) >= 11 is 0. The van der Waals surface area contributed by atoms with Gasteiger partial charge in [-0.3, -0.25) is 24.0 Å². The summed E-state index contributed by atoms with van der Waals surface area (Å²) in [4.78, 5) is 67.5.